The quantitative estimate of drug-likeness (QED) is 0.699. The lowest BCUT2D eigenvalue weighted by atomic mass is 10.0. The first-order valence-corrected chi connectivity index (χ1v) is 7.35. The van der Waals surface area contributed by atoms with Gasteiger partial charge in [0.25, 0.3) is 5.91 Å². The second-order valence-electron chi connectivity index (χ2n) is 5.24. The molecule has 1 amide bonds. The number of rotatable bonds is 6. The number of aliphatic hydroxyl groups is 1. The highest BCUT2D eigenvalue weighted by atomic mass is 16.3. The molecule has 0 spiro atoms. The number of fused-ring (bicyclic) bond motifs is 1. The molecule has 0 aromatic carbocycles. The number of nitrogens with zero attached hydrogens (tertiary/aromatic N) is 4. The van der Waals surface area contributed by atoms with Gasteiger partial charge in [0.1, 0.15) is 5.69 Å². The minimum absolute atomic E-state index is 0.0242. The third-order valence-electron chi connectivity index (χ3n) is 3.50. The van der Waals surface area contributed by atoms with Gasteiger partial charge in [-0.3, -0.25) is 14.2 Å². The minimum Gasteiger partial charge on any atom is -0.396 e. The van der Waals surface area contributed by atoms with Crippen molar-refractivity contribution in [1.82, 2.24) is 24.7 Å². The Morgan fingerprint density at radius 1 is 1.26 bits per heavy atom. The maximum absolute atomic E-state index is 12.2. The zero-order valence-corrected chi connectivity index (χ0v) is 12.5. The number of imidazole rings is 1. The topological polar surface area (TPSA) is 92.4 Å². The fourth-order valence-electron chi connectivity index (χ4n) is 2.28. The summed E-state index contributed by atoms with van der Waals surface area (Å²) in [5.74, 6) is 0.101. The van der Waals surface area contributed by atoms with Crippen molar-refractivity contribution in [3.8, 4) is 0 Å². The van der Waals surface area contributed by atoms with E-state index in [1.807, 2.05) is 18.2 Å². The number of hydrogen-bond donors (Lipinski definition) is 2. The number of aromatic nitrogens is 4. The molecule has 3 aromatic rings. The lowest BCUT2D eigenvalue weighted by molar-refractivity contribution is 0.0935. The number of carbonyl (C=O) groups is 1. The van der Waals surface area contributed by atoms with Crippen molar-refractivity contribution >= 4 is 11.7 Å². The Balaban J connectivity index is 1.60. The van der Waals surface area contributed by atoms with Gasteiger partial charge in [-0.05, 0) is 24.6 Å². The van der Waals surface area contributed by atoms with Crippen molar-refractivity contribution in [3.05, 3.63) is 60.4 Å². The number of carbonyl (C=O) groups excluding carboxylic acids is 1. The number of aliphatic hydroxyl groups excluding tert-OH is 1. The fraction of sp³-hybridized carbons (Fsp3) is 0.250. The van der Waals surface area contributed by atoms with Crippen LogP contribution in [-0.4, -0.2) is 43.5 Å². The van der Waals surface area contributed by atoms with Gasteiger partial charge in [-0.15, -0.1) is 0 Å². The standard InChI is InChI=1S/C16H17N5O2/c22-11-12(8-13-4-1-2-5-17-13)9-19-15(23)14-10-21-7-3-6-18-16(21)20-14/h1-7,10,12,22H,8-9,11H2,(H,19,23). The van der Waals surface area contributed by atoms with E-state index in [1.165, 1.54) is 0 Å². The molecule has 118 valence electrons. The van der Waals surface area contributed by atoms with Crippen LogP contribution in [0.15, 0.2) is 49.1 Å². The van der Waals surface area contributed by atoms with Crippen LogP contribution in [0.25, 0.3) is 5.78 Å². The fourth-order valence-corrected chi connectivity index (χ4v) is 2.28. The molecule has 2 N–H and O–H groups in total. The van der Waals surface area contributed by atoms with Gasteiger partial charge in [0.15, 0.2) is 0 Å². The summed E-state index contributed by atoms with van der Waals surface area (Å²) in [5, 5.41) is 12.3. The Kier molecular flexibility index (Phi) is 4.58. The molecule has 0 aliphatic carbocycles. The van der Waals surface area contributed by atoms with Crippen LogP contribution in [0.4, 0.5) is 0 Å². The summed E-state index contributed by atoms with van der Waals surface area (Å²) >= 11 is 0. The molecule has 0 radical (unpaired) electrons. The van der Waals surface area contributed by atoms with E-state index in [2.05, 4.69) is 20.3 Å². The smallest absolute Gasteiger partial charge is 0.271 e. The molecular weight excluding hydrogens is 294 g/mol. The van der Waals surface area contributed by atoms with Gasteiger partial charge in [0.05, 0.1) is 0 Å². The highest BCUT2D eigenvalue weighted by Gasteiger charge is 2.14. The molecular formula is C16H17N5O2. The summed E-state index contributed by atoms with van der Waals surface area (Å²) in [6.07, 6.45) is 7.35. The first kappa shape index (κ1) is 15.1. The summed E-state index contributed by atoms with van der Waals surface area (Å²) in [6, 6.07) is 7.42. The van der Waals surface area contributed by atoms with E-state index in [4.69, 9.17) is 0 Å². The molecule has 7 nitrogen and oxygen atoms in total. The Hall–Kier alpha value is -2.80. The average molecular weight is 311 g/mol. The Labute approximate surface area is 133 Å². The second-order valence-corrected chi connectivity index (χ2v) is 5.24. The van der Waals surface area contributed by atoms with Crippen LogP contribution in [0.1, 0.15) is 16.2 Å². The lowest BCUT2D eigenvalue weighted by Crippen LogP contribution is -2.32. The summed E-state index contributed by atoms with van der Waals surface area (Å²) in [6.45, 7) is 0.330. The number of pyridine rings is 1. The number of nitrogens with one attached hydrogen (secondary N) is 1. The zero-order chi connectivity index (χ0) is 16.1. The van der Waals surface area contributed by atoms with E-state index >= 15 is 0 Å². The normalized spacial score (nSPS) is 12.2. The molecule has 23 heavy (non-hydrogen) atoms. The van der Waals surface area contributed by atoms with Crippen molar-refractivity contribution in [1.29, 1.82) is 0 Å². The van der Waals surface area contributed by atoms with Crippen LogP contribution in [0.2, 0.25) is 0 Å². The third-order valence-corrected chi connectivity index (χ3v) is 3.50. The molecule has 0 aliphatic heterocycles. The summed E-state index contributed by atoms with van der Waals surface area (Å²) in [5.41, 5.74) is 1.19. The SMILES string of the molecule is O=C(NCC(CO)Cc1ccccn1)c1cn2cccnc2n1. The van der Waals surface area contributed by atoms with Crippen molar-refractivity contribution in [3.63, 3.8) is 0 Å². The highest BCUT2D eigenvalue weighted by molar-refractivity contribution is 5.92. The average Bonchev–Trinajstić information content (AvgIpc) is 3.03. The third kappa shape index (κ3) is 3.70. The molecule has 3 heterocycles. The van der Waals surface area contributed by atoms with Crippen LogP contribution in [0.5, 0.6) is 0 Å². The maximum atomic E-state index is 12.2. The molecule has 7 heteroatoms. The summed E-state index contributed by atoms with van der Waals surface area (Å²) in [7, 11) is 0. The van der Waals surface area contributed by atoms with Crippen molar-refractivity contribution in [2.75, 3.05) is 13.2 Å². The zero-order valence-electron chi connectivity index (χ0n) is 12.5. The van der Waals surface area contributed by atoms with E-state index < -0.39 is 0 Å². The van der Waals surface area contributed by atoms with Gasteiger partial charge >= 0.3 is 0 Å². The molecule has 0 bridgehead atoms. The van der Waals surface area contributed by atoms with Crippen molar-refractivity contribution in [2.45, 2.75) is 6.42 Å². The largest absolute Gasteiger partial charge is 0.396 e. The van der Waals surface area contributed by atoms with E-state index in [9.17, 15) is 9.90 Å². The van der Waals surface area contributed by atoms with E-state index in [0.29, 0.717) is 24.4 Å². The minimum atomic E-state index is -0.282. The number of amides is 1. The second kappa shape index (κ2) is 6.97. The summed E-state index contributed by atoms with van der Waals surface area (Å²) in [4.78, 5) is 24.6. The van der Waals surface area contributed by atoms with Crippen LogP contribution < -0.4 is 5.32 Å². The molecule has 0 fully saturated rings. The predicted octanol–water partition coefficient (Wildman–Crippen LogP) is 0.705. The monoisotopic (exact) mass is 311 g/mol. The van der Waals surface area contributed by atoms with E-state index in [1.54, 1.807) is 35.3 Å². The highest BCUT2D eigenvalue weighted by Crippen LogP contribution is 2.06. The molecule has 0 saturated carbocycles. The van der Waals surface area contributed by atoms with Crippen LogP contribution >= 0.6 is 0 Å². The molecule has 0 saturated heterocycles. The molecule has 0 aliphatic rings. The van der Waals surface area contributed by atoms with Crippen LogP contribution in [0, 0.1) is 5.92 Å². The van der Waals surface area contributed by atoms with Gasteiger partial charge in [0, 0.05) is 49.6 Å². The Morgan fingerprint density at radius 3 is 2.87 bits per heavy atom. The number of hydrogen-bond acceptors (Lipinski definition) is 5. The summed E-state index contributed by atoms with van der Waals surface area (Å²) < 4.78 is 1.69. The lowest BCUT2D eigenvalue weighted by Gasteiger charge is -2.14. The van der Waals surface area contributed by atoms with Gasteiger partial charge in [-0.1, -0.05) is 6.07 Å². The molecule has 1 atom stereocenters. The first-order chi connectivity index (χ1) is 11.3. The molecule has 3 aromatic heterocycles. The van der Waals surface area contributed by atoms with Gasteiger partial charge in [-0.2, -0.15) is 0 Å². The van der Waals surface area contributed by atoms with Gasteiger partial charge in [-0.25, -0.2) is 9.97 Å². The van der Waals surface area contributed by atoms with Crippen LogP contribution in [0.3, 0.4) is 0 Å². The van der Waals surface area contributed by atoms with E-state index in [0.717, 1.165) is 5.69 Å². The van der Waals surface area contributed by atoms with Crippen molar-refractivity contribution < 1.29 is 9.90 Å². The van der Waals surface area contributed by atoms with Gasteiger partial charge < -0.3 is 10.4 Å². The first-order valence-electron chi connectivity index (χ1n) is 7.35. The Morgan fingerprint density at radius 2 is 2.13 bits per heavy atom. The Bertz CT molecular complexity index is 754. The molecule has 1 unspecified atom stereocenters. The molecule has 3 rings (SSSR count). The van der Waals surface area contributed by atoms with E-state index in [-0.39, 0.29) is 18.4 Å². The maximum Gasteiger partial charge on any atom is 0.271 e. The van der Waals surface area contributed by atoms with Crippen LogP contribution in [-0.2, 0) is 6.42 Å². The van der Waals surface area contributed by atoms with Gasteiger partial charge in [0.2, 0.25) is 5.78 Å². The predicted molar refractivity (Wildman–Crippen MR) is 83.8 cm³/mol. The van der Waals surface area contributed by atoms with Crippen molar-refractivity contribution in [2.24, 2.45) is 5.92 Å².